The van der Waals surface area contributed by atoms with Gasteiger partial charge < -0.3 is 5.11 Å². The van der Waals surface area contributed by atoms with Crippen LogP contribution < -0.4 is 0 Å². The summed E-state index contributed by atoms with van der Waals surface area (Å²) in [7, 11) is 0. The molecule has 0 radical (unpaired) electrons. The first-order valence-electron chi connectivity index (χ1n) is 3.05. The largest absolute Gasteiger partial charge is 0.478 e. The summed E-state index contributed by atoms with van der Waals surface area (Å²) in [6.07, 6.45) is 1.85. The highest BCUT2D eigenvalue weighted by atomic mass is 35.5. The number of halogens is 1. The standard InChI is InChI=1S/C6H3ClN2O4/c7-5-3(6(10)11)1-8-2-4(5)9(12)13/h1-2H,(H,10,11). The van der Waals surface area contributed by atoms with Gasteiger partial charge >= 0.3 is 11.7 Å². The van der Waals surface area contributed by atoms with E-state index in [-0.39, 0.29) is 5.56 Å². The molecule has 68 valence electrons. The van der Waals surface area contributed by atoms with Crippen LogP contribution in [0, 0.1) is 10.1 Å². The fourth-order valence-corrected chi connectivity index (χ4v) is 0.958. The molecule has 0 bridgehead atoms. The van der Waals surface area contributed by atoms with Crippen molar-refractivity contribution in [2.24, 2.45) is 0 Å². The molecule has 1 aromatic heterocycles. The molecule has 0 aromatic carbocycles. The molecule has 0 saturated carbocycles. The van der Waals surface area contributed by atoms with Crippen LogP contribution in [0.25, 0.3) is 0 Å². The minimum absolute atomic E-state index is 0.379. The van der Waals surface area contributed by atoms with Gasteiger partial charge in [0.1, 0.15) is 16.8 Å². The Labute approximate surface area is 76.9 Å². The Morgan fingerprint density at radius 1 is 1.62 bits per heavy atom. The van der Waals surface area contributed by atoms with Crippen LogP contribution in [0.3, 0.4) is 0 Å². The van der Waals surface area contributed by atoms with E-state index in [0.29, 0.717) is 0 Å². The summed E-state index contributed by atoms with van der Waals surface area (Å²) in [6.45, 7) is 0. The van der Waals surface area contributed by atoms with Crippen LogP contribution in [-0.4, -0.2) is 21.0 Å². The van der Waals surface area contributed by atoms with Gasteiger partial charge in [0.2, 0.25) is 0 Å². The lowest BCUT2D eigenvalue weighted by molar-refractivity contribution is -0.385. The van der Waals surface area contributed by atoms with E-state index in [4.69, 9.17) is 16.7 Å². The van der Waals surface area contributed by atoms with Crippen molar-refractivity contribution >= 4 is 23.3 Å². The zero-order chi connectivity index (χ0) is 10.0. The number of aromatic nitrogens is 1. The normalized spacial score (nSPS) is 9.62. The predicted molar refractivity (Wildman–Crippen MR) is 42.9 cm³/mol. The molecule has 6 nitrogen and oxygen atoms in total. The van der Waals surface area contributed by atoms with Crippen molar-refractivity contribution in [1.82, 2.24) is 4.98 Å². The molecule has 1 aromatic rings. The smallest absolute Gasteiger partial charge is 0.339 e. The van der Waals surface area contributed by atoms with E-state index in [9.17, 15) is 14.9 Å². The lowest BCUT2D eigenvalue weighted by Crippen LogP contribution is -2.01. The third-order valence-electron chi connectivity index (χ3n) is 1.29. The summed E-state index contributed by atoms with van der Waals surface area (Å²) in [5.74, 6) is -1.35. The Hall–Kier alpha value is -1.69. The SMILES string of the molecule is O=C(O)c1cncc([N+](=O)[O-])c1Cl. The average Bonchev–Trinajstić information content (AvgIpc) is 2.03. The fourth-order valence-electron chi connectivity index (χ4n) is 0.710. The topological polar surface area (TPSA) is 93.3 Å². The summed E-state index contributed by atoms with van der Waals surface area (Å²) < 4.78 is 0. The molecular formula is C6H3ClN2O4. The highest BCUT2D eigenvalue weighted by Gasteiger charge is 2.19. The average molecular weight is 203 g/mol. The first kappa shape index (κ1) is 9.40. The van der Waals surface area contributed by atoms with Crippen LogP contribution in [0.4, 0.5) is 5.69 Å². The van der Waals surface area contributed by atoms with Crippen LogP contribution in [0.15, 0.2) is 12.4 Å². The lowest BCUT2D eigenvalue weighted by atomic mass is 10.2. The highest BCUT2D eigenvalue weighted by molar-refractivity contribution is 6.35. The van der Waals surface area contributed by atoms with Crippen LogP contribution in [-0.2, 0) is 0 Å². The van der Waals surface area contributed by atoms with Crippen molar-refractivity contribution in [2.75, 3.05) is 0 Å². The zero-order valence-corrected chi connectivity index (χ0v) is 6.85. The van der Waals surface area contributed by atoms with Crippen LogP contribution >= 0.6 is 11.6 Å². The van der Waals surface area contributed by atoms with Crippen molar-refractivity contribution in [3.63, 3.8) is 0 Å². The first-order chi connectivity index (χ1) is 6.04. The molecule has 1 heterocycles. The maximum absolute atomic E-state index is 10.4. The Morgan fingerprint density at radius 2 is 2.23 bits per heavy atom. The molecule has 0 aliphatic heterocycles. The van der Waals surface area contributed by atoms with Crippen molar-refractivity contribution in [3.8, 4) is 0 Å². The first-order valence-corrected chi connectivity index (χ1v) is 3.43. The van der Waals surface area contributed by atoms with Gasteiger partial charge in [-0.3, -0.25) is 15.1 Å². The fraction of sp³-hybridized carbons (Fsp3) is 0. The van der Waals surface area contributed by atoms with E-state index in [1.54, 1.807) is 0 Å². The van der Waals surface area contributed by atoms with Crippen LogP contribution in [0.5, 0.6) is 0 Å². The second kappa shape index (κ2) is 3.36. The maximum atomic E-state index is 10.4. The van der Waals surface area contributed by atoms with Crippen molar-refractivity contribution in [1.29, 1.82) is 0 Å². The number of hydrogen-bond acceptors (Lipinski definition) is 4. The molecule has 0 unspecified atom stereocenters. The van der Waals surface area contributed by atoms with Gasteiger partial charge in [-0.15, -0.1) is 0 Å². The van der Waals surface area contributed by atoms with Gasteiger partial charge in [-0.05, 0) is 0 Å². The number of rotatable bonds is 2. The third-order valence-corrected chi connectivity index (χ3v) is 1.69. The Kier molecular flexibility index (Phi) is 2.43. The van der Waals surface area contributed by atoms with E-state index in [1.165, 1.54) is 0 Å². The predicted octanol–water partition coefficient (Wildman–Crippen LogP) is 1.34. The van der Waals surface area contributed by atoms with Crippen molar-refractivity contribution < 1.29 is 14.8 Å². The molecule has 0 fully saturated rings. The molecule has 0 aliphatic rings. The van der Waals surface area contributed by atoms with Gasteiger partial charge in [0.15, 0.2) is 0 Å². The summed E-state index contributed by atoms with van der Waals surface area (Å²) in [6, 6.07) is 0. The maximum Gasteiger partial charge on any atom is 0.339 e. The molecule has 0 saturated heterocycles. The van der Waals surface area contributed by atoms with Gasteiger partial charge in [-0.25, -0.2) is 4.79 Å². The van der Waals surface area contributed by atoms with Gasteiger partial charge in [0, 0.05) is 6.20 Å². The van der Waals surface area contributed by atoms with E-state index in [0.717, 1.165) is 12.4 Å². The Balaban J connectivity index is 3.35. The minimum atomic E-state index is -1.35. The molecule has 0 amide bonds. The molecule has 7 heteroatoms. The highest BCUT2D eigenvalue weighted by Crippen LogP contribution is 2.26. The molecule has 1 N–H and O–H groups in total. The molecule has 1 rings (SSSR count). The monoisotopic (exact) mass is 202 g/mol. The summed E-state index contributed by atoms with van der Waals surface area (Å²) in [4.78, 5) is 23.3. The number of aromatic carboxylic acids is 1. The van der Waals surface area contributed by atoms with Gasteiger partial charge in [-0.1, -0.05) is 11.6 Å². The molecule has 13 heavy (non-hydrogen) atoms. The number of pyridine rings is 1. The van der Waals surface area contributed by atoms with Gasteiger partial charge in [0.05, 0.1) is 4.92 Å². The quantitative estimate of drug-likeness (QED) is 0.577. The number of nitrogens with zero attached hydrogens (tertiary/aromatic N) is 2. The molecular weight excluding hydrogens is 200 g/mol. The zero-order valence-electron chi connectivity index (χ0n) is 6.10. The summed E-state index contributed by atoms with van der Waals surface area (Å²) in [5, 5.41) is 18.4. The number of hydrogen-bond donors (Lipinski definition) is 1. The second-order valence-electron chi connectivity index (χ2n) is 2.08. The Morgan fingerprint density at radius 3 is 2.69 bits per heavy atom. The Bertz CT molecular complexity index is 347. The minimum Gasteiger partial charge on any atom is -0.478 e. The number of carboxylic acids is 1. The van der Waals surface area contributed by atoms with Gasteiger partial charge in [0.25, 0.3) is 0 Å². The van der Waals surface area contributed by atoms with Gasteiger partial charge in [-0.2, -0.15) is 0 Å². The number of carboxylic acid groups (broad SMARTS) is 1. The van der Waals surface area contributed by atoms with Crippen LogP contribution in [0.1, 0.15) is 10.4 Å². The number of nitro groups is 1. The van der Waals surface area contributed by atoms with Crippen molar-refractivity contribution in [3.05, 3.63) is 33.1 Å². The third kappa shape index (κ3) is 1.73. The summed E-state index contributed by atoms with van der Waals surface area (Å²) in [5.41, 5.74) is -0.891. The van der Waals surface area contributed by atoms with E-state index >= 15 is 0 Å². The van der Waals surface area contributed by atoms with Crippen molar-refractivity contribution in [2.45, 2.75) is 0 Å². The molecule has 0 atom stereocenters. The molecule has 0 aliphatic carbocycles. The lowest BCUT2D eigenvalue weighted by Gasteiger charge is -1.97. The summed E-state index contributed by atoms with van der Waals surface area (Å²) >= 11 is 5.44. The second-order valence-corrected chi connectivity index (χ2v) is 2.46. The van der Waals surface area contributed by atoms with Crippen LogP contribution in [0.2, 0.25) is 5.02 Å². The van der Waals surface area contributed by atoms with E-state index in [2.05, 4.69) is 4.98 Å². The number of carbonyl (C=O) groups is 1. The molecule has 0 spiro atoms. The van der Waals surface area contributed by atoms with E-state index in [1.807, 2.05) is 0 Å². The van der Waals surface area contributed by atoms with E-state index < -0.39 is 21.6 Å².